The molecule has 0 aliphatic heterocycles. The number of nitriles is 2. The lowest BCUT2D eigenvalue weighted by Gasteiger charge is -2.31. The van der Waals surface area contributed by atoms with Crippen molar-refractivity contribution in [3.8, 4) is 12.1 Å². The van der Waals surface area contributed by atoms with Crippen LogP contribution in [0.15, 0.2) is 30.3 Å². The molecular formula is C14H14N2O2. The minimum absolute atomic E-state index is 0.296. The monoisotopic (exact) mass is 242 g/mol. The van der Waals surface area contributed by atoms with Crippen LogP contribution in [0.25, 0.3) is 0 Å². The molecule has 18 heavy (non-hydrogen) atoms. The van der Waals surface area contributed by atoms with Crippen LogP contribution in [-0.2, 0) is 0 Å². The number of Topliss-reactive ketones (excluding diaryl/α,β-unsaturated/α-hetero) is 1. The van der Waals surface area contributed by atoms with E-state index in [9.17, 15) is 9.90 Å². The normalized spacial score (nSPS) is 16.7. The molecule has 1 N–H and O–H groups in total. The van der Waals surface area contributed by atoms with Gasteiger partial charge >= 0.3 is 0 Å². The third-order valence-corrected chi connectivity index (χ3v) is 3.11. The molecule has 2 unspecified atom stereocenters. The van der Waals surface area contributed by atoms with Crippen molar-refractivity contribution in [1.82, 2.24) is 0 Å². The predicted octanol–water partition coefficient (Wildman–Crippen LogP) is 1.92. The summed E-state index contributed by atoms with van der Waals surface area (Å²) in [5, 5.41) is 28.4. The van der Waals surface area contributed by atoms with Gasteiger partial charge in [0.25, 0.3) is 0 Å². The predicted molar refractivity (Wildman–Crippen MR) is 65.3 cm³/mol. The molecule has 4 heteroatoms. The highest BCUT2D eigenvalue weighted by Gasteiger charge is 2.47. The second-order valence-corrected chi connectivity index (χ2v) is 4.22. The van der Waals surface area contributed by atoms with Gasteiger partial charge in [-0.05, 0) is 13.8 Å². The van der Waals surface area contributed by atoms with Gasteiger partial charge in [-0.3, -0.25) is 4.79 Å². The molecule has 0 aliphatic rings. The Morgan fingerprint density at radius 2 is 1.61 bits per heavy atom. The van der Waals surface area contributed by atoms with Gasteiger partial charge in [0, 0.05) is 5.56 Å². The van der Waals surface area contributed by atoms with E-state index < -0.39 is 23.2 Å². The van der Waals surface area contributed by atoms with E-state index in [2.05, 4.69) is 0 Å². The highest BCUT2D eigenvalue weighted by molar-refractivity contribution is 6.03. The van der Waals surface area contributed by atoms with E-state index >= 15 is 0 Å². The van der Waals surface area contributed by atoms with Gasteiger partial charge in [0.2, 0.25) is 0 Å². The number of nitrogens with zero attached hydrogens (tertiary/aromatic N) is 2. The summed E-state index contributed by atoms with van der Waals surface area (Å²) in [5.41, 5.74) is -1.69. The van der Waals surface area contributed by atoms with Crippen LogP contribution in [0.1, 0.15) is 24.2 Å². The average molecular weight is 242 g/mol. The quantitative estimate of drug-likeness (QED) is 0.817. The summed E-state index contributed by atoms with van der Waals surface area (Å²) in [4.78, 5) is 12.3. The van der Waals surface area contributed by atoms with Crippen LogP contribution in [0, 0.1) is 34.5 Å². The summed E-state index contributed by atoms with van der Waals surface area (Å²) < 4.78 is 0. The number of rotatable bonds is 4. The second-order valence-electron chi connectivity index (χ2n) is 4.22. The van der Waals surface area contributed by atoms with Crippen molar-refractivity contribution in [2.45, 2.75) is 19.4 Å². The highest BCUT2D eigenvalue weighted by Crippen LogP contribution is 2.30. The Morgan fingerprint density at radius 1 is 1.17 bits per heavy atom. The third kappa shape index (κ3) is 2.25. The maximum Gasteiger partial charge on any atom is 0.197 e. The van der Waals surface area contributed by atoms with E-state index in [4.69, 9.17) is 10.5 Å². The molecule has 0 bridgehead atoms. The SMILES string of the molecule is CC(C#N)C(O)(C(=O)c1ccccc1)C(C)C#N. The number of carbonyl (C=O) groups is 1. The molecule has 0 saturated heterocycles. The van der Waals surface area contributed by atoms with Crippen LogP contribution in [0.2, 0.25) is 0 Å². The van der Waals surface area contributed by atoms with Crippen molar-refractivity contribution < 1.29 is 9.90 Å². The van der Waals surface area contributed by atoms with Crippen LogP contribution in [-0.4, -0.2) is 16.5 Å². The smallest absolute Gasteiger partial charge is 0.197 e. The fourth-order valence-corrected chi connectivity index (χ4v) is 1.79. The fraction of sp³-hybridized carbons (Fsp3) is 0.357. The van der Waals surface area contributed by atoms with Crippen molar-refractivity contribution in [2.24, 2.45) is 11.8 Å². The molecule has 0 aliphatic carbocycles. The van der Waals surface area contributed by atoms with E-state index in [1.165, 1.54) is 13.8 Å². The van der Waals surface area contributed by atoms with Crippen LogP contribution in [0.4, 0.5) is 0 Å². The van der Waals surface area contributed by atoms with E-state index in [0.29, 0.717) is 5.56 Å². The van der Waals surface area contributed by atoms with Gasteiger partial charge in [0.15, 0.2) is 11.4 Å². The van der Waals surface area contributed by atoms with E-state index in [-0.39, 0.29) is 0 Å². The number of benzene rings is 1. The molecule has 0 aromatic heterocycles. The summed E-state index contributed by atoms with van der Waals surface area (Å²) >= 11 is 0. The summed E-state index contributed by atoms with van der Waals surface area (Å²) in [7, 11) is 0. The zero-order valence-corrected chi connectivity index (χ0v) is 10.3. The third-order valence-electron chi connectivity index (χ3n) is 3.11. The largest absolute Gasteiger partial charge is 0.379 e. The van der Waals surface area contributed by atoms with Crippen LogP contribution in [0.3, 0.4) is 0 Å². The maximum absolute atomic E-state index is 12.3. The summed E-state index contributed by atoms with van der Waals surface area (Å²) in [5.74, 6) is -2.51. The Balaban J connectivity index is 3.27. The zero-order chi connectivity index (χ0) is 13.8. The first kappa shape index (κ1) is 13.9. The first-order valence-corrected chi connectivity index (χ1v) is 5.60. The van der Waals surface area contributed by atoms with Crippen molar-refractivity contribution in [2.75, 3.05) is 0 Å². The minimum Gasteiger partial charge on any atom is -0.379 e. The number of hydrogen-bond donors (Lipinski definition) is 1. The Kier molecular flexibility index (Phi) is 4.20. The molecule has 4 nitrogen and oxygen atoms in total. The molecule has 0 heterocycles. The average Bonchev–Trinajstić information content (AvgIpc) is 2.44. The lowest BCUT2D eigenvalue weighted by Crippen LogP contribution is -2.49. The lowest BCUT2D eigenvalue weighted by atomic mass is 9.74. The molecule has 0 saturated carbocycles. The molecule has 0 amide bonds. The van der Waals surface area contributed by atoms with Crippen molar-refractivity contribution in [3.63, 3.8) is 0 Å². The standard InChI is InChI=1S/C14H14N2O2/c1-10(8-15)14(18,11(2)9-16)13(17)12-6-4-3-5-7-12/h3-7,10-11,18H,1-2H3. The van der Waals surface area contributed by atoms with Crippen molar-refractivity contribution >= 4 is 5.78 Å². The molecule has 1 aromatic rings. The zero-order valence-electron chi connectivity index (χ0n) is 10.3. The Morgan fingerprint density at radius 3 is 2.00 bits per heavy atom. The molecule has 2 atom stereocenters. The summed E-state index contributed by atoms with van der Waals surface area (Å²) in [6, 6.07) is 11.9. The van der Waals surface area contributed by atoms with Gasteiger partial charge in [0.1, 0.15) is 0 Å². The van der Waals surface area contributed by atoms with Gasteiger partial charge in [-0.2, -0.15) is 10.5 Å². The van der Waals surface area contributed by atoms with Crippen LogP contribution in [0.5, 0.6) is 0 Å². The van der Waals surface area contributed by atoms with E-state index in [1.54, 1.807) is 30.3 Å². The molecule has 0 spiro atoms. The first-order valence-electron chi connectivity index (χ1n) is 5.60. The van der Waals surface area contributed by atoms with Crippen molar-refractivity contribution in [3.05, 3.63) is 35.9 Å². The summed E-state index contributed by atoms with van der Waals surface area (Å²) in [6.07, 6.45) is 0. The van der Waals surface area contributed by atoms with Gasteiger partial charge in [-0.25, -0.2) is 0 Å². The minimum atomic E-state index is -1.98. The molecule has 1 rings (SSSR count). The van der Waals surface area contributed by atoms with E-state index in [0.717, 1.165) is 0 Å². The molecular weight excluding hydrogens is 228 g/mol. The van der Waals surface area contributed by atoms with Gasteiger partial charge in [0.05, 0.1) is 24.0 Å². The number of ketones is 1. The van der Waals surface area contributed by atoms with Gasteiger partial charge in [-0.15, -0.1) is 0 Å². The van der Waals surface area contributed by atoms with Crippen LogP contribution >= 0.6 is 0 Å². The molecule has 0 fully saturated rings. The maximum atomic E-state index is 12.3. The first-order chi connectivity index (χ1) is 8.48. The van der Waals surface area contributed by atoms with Crippen LogP contribution < -0.4 is 0 Å². The fourth-order valence-electron chi connectivity index (χ4n) is 1.79. The number of aliphatic hydroxyl groups is 1. The van der Waals surface area contributed by atoms with Crippen molar-refractivity contribution in [1.29, 1.82) is 10.5 Å². The number of carbonyl (C=O) groups excluding carboxylic acids is 1. The molecule has 1 aromatic carbocycles. The molecule has 0 radical (unpaired) electrons. The highest BCUT2D eigenvalue weighted by atomic mass is 16.3. The lowest BCUT2D eigenvalue weighted by molar-refractivity contribution is -0.00534. The Hall–Kier alpha value is -2.17. The van der Waals surface area contributed by atoms with Gasteiger partial charge < -0.3 is 5.11 Å². The van der Waals surface area contributed by atoms with E-state index in [1.807, 2.05) is 12.1 Å². The second kappa shape index (κ2) is 5.44. The Labute approximate surface area is 106 Å². The number of hydrogen-bond acceptors (Lipinski definition) is 4. The molecule has 92 valence electrons. The summed E-state index contributed by atoms with van der Waals surface area (Å²) in [6.45, 7) is 2.88. The Bertz CT molecular complexity index is 491. The van der Waals surface area contributed by atoms with Gasteiger partial charge in [-0.1, -0.05) is 30.3 Å². The topological polar surface area (TPSA) is 84.9 Å².